The van der Waals surface area contributed by atoms with Crippen LogP contribution in [0.25, 0.3) is 61.2 Å². The van der Waals surface area contributed by atoms with Gasteiger partial charge in [-0.3, -0.25) is 0 Å². The first-order chi connectivity index (χ1) is 22.7. The Morgan fingerprint density at radius 1 is 0.522 bits per heavy atom. The van der Waals surface area contributed by atoms with Crippen LogP contribution in [-0.4, -0.2) is 6.54 Å². The van der Waals surface area contributed by atoms with Crippen LogP contribution in [0.2, 0.25) is 0 Å². The molecule has 46 heavy (non-hydrogen) atoms. The van der Waals surface area contributed by atoms with E-state index < -0.39 is 0 Å². The minimum absolute atomic E-state index is 0.948. The molecule has 0 unspecified atom stereocenters. The van der Waals surface area contributed by atoms with Crippen LogP contribution in [0.1, 0.15) is 45.4 Å². The van der Waals surface area contributed by atoms with Crippen LogP contribution in [-0.2, 0) is 0 Å². The maximum atomic E-state index is 6.81. The molecular formula is C40H33NOS4. The van der Waals surface area contributed by atoms with Crippen molar-refractivity contribution in [2.75, 3.05) is 11.4 Å². The Kier molecular flexibility index (Phi) is 7.35. The van der Waals surface area contributed by atoms with Crippen LogP contribution in [0.5, 0.6) is 11.5 Å². The first-order valence-corrected chi connectivity index (χ1v) is 19.7. The lowest BCUT2D eigenvalue weighted by molar-refractivity contribution is 0.473. The average Bonchev–Trinajstić information content (AvgIpc) is 3.86. The number of anilines is 2. The highest BCUT2D eigenvalue weighted by molar-refractivity contribution is 7.29. The van der Waals surface area contributed by atoms with Gasteiger partial charge < -0.3 is 9.64 Å². The van der Waals surface area contributed by atoms with E-state index in [1.807, 2.05) is 45.3 Å². The number of ether oxygens (including phenoxy) is 1. The summed E-state index contributed by atoms with van der Waals surface area (Å²) in [5.74, 6) is 1.90. The van der Waals surface area contributed by atoms with Gasteiger partial charge in [-0.1, -0.05) is 63.3 Å². The molecule has 4 aromatic heterocycles. The zero-order valence-corrected chi connectivity index (χ0v) is 28.9. The SMILES string of the molecule is CCCCCCCCN1c2cc3ccc(-c4cc5sccc5s4)cc3cc2Oc2cc3cc(-c4cc5sccc5s4)ccc3cc21. The Morgan fingerprint density at radius 2 is 1.07 bits per heavy atom. The summed E-state index contributed by atoms with van der Waals surface area (Å²) < 4.78 is 12.3. The lowest BCUT2D eigenvalue weighted by Gasteiger charge is -2.33. The van der Waals surface area contributed by atoms with Crippen molar-refractivity contribution in [1.82, 2.24) is 0 Å². The van der Waals surface area contributed by atoms with Crippen LogP contribution < -0.4 is 9.64 Å². The van der Waals surface area contributed by atoms with Crippen LogP contribution >= 0.6 is 45.3 Å². The van der Waals surface area contributed by atoms with E-state index in [1.165, 1.54) is 111 Å². The van der Waals surface area contributed by atoms with E-state index in [2.05, 4.69) is 108 Å². The fourth-order valence-electron chi connectivity index (χ4n) is 6.78. The van der Waals surface area contributed by atoms with Crippen LogP contribution in [0.4, 0.5) is 11.4 Å². The van der Waals surface area contributed by atoms with E-state index >= 15 is 0 Å². The van der Waals surface area contributed by atoms with E-state index in [0.29, 0.717) is 0 Å². The van der Waals surface area contributed by atoms with Crippen molar-refractivity contribution in [2.45, 2.75) is 45.4 Å². The van der Waals surface area contributed by atoms with Gasteiger partial charge in [0.15, 0.2) is 11.5 Å². The predicted octanol–water partition coefficient (Wildman–Crippen LogP) is 14.5. The second-order valence-electron chi connectivity index (χ2n) is 12.3. The van der Waals surface area contributed by atoms with Gasteiger partial charge in [0.2, 0.25) is 0 Å². The van der Waals surface area contributed by atoms with Gasteiger partial charge in [-0.2, -0.15) is 0 Å². The molecule has 0 N–H and O–H groups in total. The number of rotatable bonds is 9. The highest BCUT2D eigenvalue weighted by Gasteiger charge is 2.26. The van der Waals surface area contributed by atoms with Gasteiger partial charge >= 0.3 is 0 Å². The number of fused-ring (bicyclic) bond motifs is 6. The Bertz CT molecular complexity index is 2150. The van der Waals surface area contributed by atoms with Gasteiger partial charge in [-0.25, -0.2) is 0 Å². The van der Waals surface area contributed by atoms with Crippen molar-refractivity contribution in [1.29, 1.82) is 0 Å². The van der Waals surface area contributed by atoms with Crippen LogP contribution in [0.3, 0.4) is 0 Å². The van der Waals surface area contributed by atoms with Crippen molar-refractivity contribution in [3.63, 3.8) is 0 Å². The van der Waals surface area contributed by atoms with E-state index in [1.54, 1.807) is 0 Å². The summed E-state index contributed by atoms with van der Waals surface area (Å²) in [7, 11) is 0. The molecule has 1 aliphatic rings. The molecule has 9 rings (SSSR count). The van der Waals surface area contributed by atoms with Crippen LogP contribution in [0, 0.1) is 0 Å². The van der Waals surface area contributed by atoms with Crippen molar-refractivity contribution >= 4 is 97.1 Å². The number of unbranched alkanes of at least 4 members (excludes halogenated alkanes) is 5. The quantitative estimate of drug-likeness (QED) is 0.142. The largest absolute Gasteiger partial charge is 0.453 e. The van der Waals surface area contributed by atoms with E-state index in [-0.39, 0.29) is 0 Å². The first-order valence-electron chi connectivity index (χ1n) is 16.3. The van der Waals surface area contributed by atoms with Gasteiger partial charge in [0.05, 0.1) is 11.4 Å². The Balaban J connectivity index is 1.10. The molecule has 6 heteroatoms. The fourth-order valence-corrected chi connectivity index (χ4v) is 11.0. The van der Waals surface area contributed by atoms with E-state index in [9.17, 15) is 0 Å². The normalized spacial score (nSPS) is 12.8. The molecule has 0 spiro atoms. The third kappa shape index (κ3) is 5.12. The summed E-state index contributed by atoms with van der Waals surface area (Å²) in [4.78, 5) is 5.17. The number of hydrogen-bond acceptors (Lipinski definition) is 6. The van der Waals surface area contributed by atoms with E-state index in [0.717, 1.165) is 18.0 Å². The fraction of sp³-hybridized carbons (Fsp3) is 0.200. The monoisotopic (exact) mass is 671 g/mol. The number of hydrogen-bond donors (Lipinski definition) is 0. The number of nitrogens with zero attached hydrogens (tertiary/aromatic N) is 1. The Hall–Kier alpha value is -3.68. The summed E-state index contributed by atoms with van der Waals surface area (Å²) >= 11 is 7.39. The van der Waals surface area contributed by atoms with Crippen molar-refractivity contribution in [3.8, 4) is 32.4 Å². The minimum atomic E-state index is 0.948. The Morgan fingerprint density at radius 3 is 1.61 bits per heavy atom. The van der Waals surface area contributed by atoms with Gasteiger partial charge in [0, 0.05) is 35.1 Å². The summed E-state index contributed by atoms with van der Waals surface area (Å²) in [5.41, 5.74) is 4.89. The summed E-state index contributed by atoms with van der Waals surface area (Å²) in [6.45, 7) is 3.27. The van der Waals surface area contributed by atoms with Gasteiger partial charge in [-0.05, 0) is 111 Å². The molecule has 0 fully saturated rings. The lowest BCUT2D eigenvalue weighted by atomic mass is 10.0. The predicted molar refractivity (Wildman–Crippen MR) is 206 cm³/mol. The summed E-state index contributed by atoms with van der Waals surface area (Å²) in [6, 6.07) is 32.1. The molecule has 5 heterocycles. The molecule has 1 aliphatic heterocycles. The molecule has 228 valence electrons. The average molecular weight is 672 g/mol. The molecular weight excluding hydrogens is 639 g/mol. The smallest absolute Gasteiger partial charge is 0.151 e. The maximum Gasteiger partial charge on any atom is 0.151 e. The van der Waals surface area contributed by atoms with Crippen molar-refractivity contribution in [2.24, 2.45) is 0 Å². The molecule has 8 aromatic rings. The number of thiophene rings is 4. The highest BCUT2D eigenvalue weighted by Crippen LogP contribution is 2.50. The third-order valence-corrected chi connectivity index (χ3v) is 13.5. The van der Waals surface area contributed by atoms with Crippen molar-refractivity contribution in [3.05, 3.63) is 95.7 Å². The van der Waals surface area contributed by atoms with E-state index in [4.69, 9.17) is 4.74 Å². The topological polar surface area (TPSA) is 12.5 Å². The highest BCUT2D eigenvalue weighted by atomic mass is 32.1. The molecule has 0 atom stereocenters. The molecule has 4 aromatic carbocycles. The second kappa shape index (κ2) is 11.8. The van der Waals surface area contributed by atoms with Gasteiger partial charge in [0.25, 0.3) is 0 Å². The summed E-state index contributed by atoms with van der Waals surface area (Å²) in [5, 5.41) is 9.30. The molecule has 0 radical (unpaired) electrons. The van der Waals surface area contributed by atoms with Gasteiger partial charge in [0.1, 0.15) is 0 Å². The third-order valence-electron chi connectivity index (χ3n) is 9.22. The first kappa shape index (κ1) is 28.5. The minimum Gasteiger partial charge on any atom is -0.453 e. The zero-order chi connectivity index (χ0) is 30.6. The maximum absolute atomic E-state index is 6.81. The Labute approximate surface area is 285 Å². The molecule has 0 saturated heterocycles. The summed E-state index contributed by atoms with van der Waals surface area (Å²) in [6.07, 6.45) is 7.67. The lowest BCUT2D eigenvalue weighted by Crippen LogP contribution is -2.22. The zero-order valence-electron chi connectivity index (χ0n) is 25.7. The molecule has 0 saturated carbocycles. The molecule has 0 aliphatic carbocycles. The van der Waals surface area contributed by atoms with Crippen molar-refractivity contribution < 1.29 is 4.74 Å². The standard InChI is InChI=1S/C40H33NOS4/c1-2-3-4-5-6-7-14-41-31-19-25-8-10-27(37-23-39-35(45-37)12-15-43-39)17-29(25)21-33(31)42-34-22-30-18-28(11-9-26(30)20-32(34)41)38-24-40-36(46-38)13-16-44-40/h8-13,15-24H,2-7,14H2,1H3. The molecule has 0 bridgehead atoms. The molecule has 0 amide bonds. The molecule has 2 nitrogen and oxygen atoms in total. The van der Waals surface area contributed by atoms with Crippen LogP contribution in [0.15, 0.2) is 95.7 Å². The number of benzene rings is 4. The van der Waals surface area contributed by atoms with Gasteiger partial charge in [-0.15, -0.1) is 45.3 Å². The second-order valence-corrected chi connectivity index (χ2v) is 16.4.